The fourth-order valence-electron chi connectivity index (χ4n) is 5.13. The Morgan fingerprint density at radius 1 is 0.970 bits per heavy atom. The van der Waals surface area contributed by atoms with Gasteiger partial charge in [0.2, 0.25) is 0 Å². The molecule has 0 spiro atoms. The van der Waals surface area contributed by atoms with E-state index in [2.05, 4.69) is 68.1 Å². The number of para-hydroxylation sites is 1. The van der Waals surface area contributed by atoms with Crippen LogP contribution in [0.1, 0.15) is 47.1 Å². The molecule has 2 N–H and O–H groups in total. The number of aryl methyl sites for hydroxylation is 2. The molecule has 33 heavy (non-hydrogen) atoms. The summed E-state index contributed by atoms with van der Waals surface area (Å²) in [4.78, 5) is 7.03. The summed E-state index contributed by atoms with van der Waals surface area (Å²) in [5, 5.41) is 22.5. The summed E-state index contributed by atoms with van der Waals surface area (Å²) in [6.45, 7) is 7.17. The second-order valence-corrected chi connectivity index (χ2v) is 9.17. The third-order valence-corrected chi connectivity index (χ3v) is 7.14. The predicted molar refractivity (Wildman–Crippen MR) is 135 cm³/mol. The number of nitrogens with zero attached hydrogens (tertiary/aromatic N) is 2. The highest BCUT2D eigenvalue weighted by Crippen LogP contribution is 2.41. The Morgan fingerprint density at radius 2 is 1.76 bits per heavy atom. The molecule has 0 amide bonds. The molecule has 0 saturated carbocycles. The van der Waals surface area contributed by atoms with Crippen molar-refractivity contribution >= 4 is 22.3 Å². The Kier molecular flexibility index (Phi) is 5.65. The van der Waals surface area contributed by atoms with E-state index in [0.717, 1.165) is 51.8 Å². The van der Waals surface area contributed by atoms with Crippen molar-refractivity contribution < 1.29 is 10.2 Å². The summed E-state index contributed by atoms with van der Waals surface area (Å²) >= 11 is 0. The van der Waals surface area contributed by atoms with Crippen LogP contribution in [0.3, 0.4) is 0 Å². The highest BCUT2D eigenvalue weighted by molar-refractivity contribution is 6.00. The van der Waals surface area contributed by atoms with Crippen molar-refractivity contribution in [3.8, 4) is 11.1 Å². The van der Waals surface area contributed by atoms with Crippen molar-refractivity contribution in [1.29, 1.82) is 0 Å². The number of hydrogen-bond acceptors (Lipinski definition) is 4. The summed E-state index contributed by atoms with van der Waals surface area (Å²) in [7, 11) is 0. The Labute approximate surface area is 195 Å². The van der Waals surface area contributed by atoms with E-state index >= 15 is 0 Å². The molecule has 168 valence electrons. The zero-order chi connectivity index (χ0) is 23.1. The Balaban J connectivity index is 1.72. The Morgan fingerprint density at radius 3 is 2.55 bits per heavy atom. The fourth-order valence-corrected chi connectivity index (χ4v) is 5.13. The van der Waals surface area contributed by atoms with Crippen molar-refractivity contribution in [2.75, 3.05) is 11.4 Å². The van der Waals surface area contributed by atoms with Gasteiger partial charge in [-0.25, -0.2) is 4.98 Å². The van der Waals surface area contributed by atoms with Gasteiger partial charge < -0.3 is 15.1 Å². The molecule has 2 heterocycles. The molecule has 0 saturated heterocycles. The quantitative estimate of drug-likeness (QED) is 0.401. The minimum atomic E-state index is -0.129. The first kappa shape index (κ1) is 21.6. The van der Waals surface area contributed by atoms with Gasteiger partial charge in [0.05, 0.1) is 13.2 Å². The molecule has 0 aliphatic carbocycles. The summed E-state index contributed by atoms with van der Waals surface area (Å²) in [6, 6.07) is 19.1. The molecule has 0 fully saturated rings. The molecule has 0 radical (unpaired) electrons. The monoisotopic (exact) mass is 438 g/mol. The van der Waals surface area contributed by atoms with Crippen LogP contribution in [0, 0.1) is 13.8 Å². The number of aliphatic hydroxyl groups is 2. The van der Waals surface area contributed by atoms with E-state index in [0.29, 0.717) is 5.92 Å². The first-order chi connectivity index (χ1) is 16.0. The van der Waals surface area contributed by atoms with E-state index in [-0.39, 0.29) is 13.2 Å². The number of hydrogen-bond donors (Lipinski definition) is 2. The van der Waals surface area contributed by atoms with Crippen LogP contribution in [-0.2, 0) is 13.2 Å². The van der Waals surface area contributed by atoms with Gasteiger partial charge in [-0.15, -0.1) is 0 Å². The summed E-state index contributed by atoms with van der Waals surface area (Å²) < 4.78 is 0. The Hall–Kier alpha value is -3.21. The van der Waals surface area contributed by atoms with Gasteiger partial charge >= 0.3 is 0 Å². The Bertz CT molecular complexity index is 1350. The lowest BCUT2D eigenvalue weighted by molar-refractivity contribution is 0.260. The predicted octanol–water partition coefficient (Wildman–Crippen LogP) is 6.15. The molecule has 4 nitrogen and oxygen atoms in total. The molecule has 1 atom stereocenters. The maximum absolute atomic E-state index is 10.3. The van der Waals surface area contributed by atoms with E-state index in [9.17, 15) is 10.2 Å². The van der Waals surface area contributed by atoms with Gasteiger partial charge in [-0.3, -0.25) is 0 Å². The molecular weight excluding hydrogens is 408 g/mol. The molecule has 1 aromatic heterocycles. The molecular formula is C29H30N2O2. The van der Waals surface area contributed by atoms with Gasteiger partial charge in [-0.1, -0.05) is 37.3 Å². The minimum absolute atomic E-state index is 0.110. The molecule has 4 heteroatoms. The first-order valence-electron chi connectivity index (χ1n) is 11.6. The lowest BCUT2D eigenvalue weighted by Gasteiger charge is -2.34. The fraction of sp³-hybridized carbons (Fsp3) is 0.276. The van der Waals surface area contributed by atoms with Crippen LogP contribution in [-0.4, -0.2) is 21.7 Å². The number of pyridine rings is 1. The van der Waals surface area contributed by atoms with E-state index in [1.54, 1.807) is 0 Å². The maximum atomic E-state index is 10.3. The third-order valence-electron chi connectivity index (χ3n) is 7.14. The largest absolute Gasteiger partial charge is 0.392 e. The van der Waals surface area contributed by atoms with Crippen molar-refractivity contribution in [2.24, 2.45) is 0 Å². The second kappa shape index (κ2) is 8.62. The average molecular weight is 439 g/mol. The highest BCUT2D eigenvalue weighted by Gasteiger charge is 2.24. The topological polar surface area (TPSA) is 56.6 Å². The summed E-state index contributed by atoms with van der Waals surface area (Å²) in [6.07, 6.45) is 2.93. The van der Waals surface area contributed by atoms with Crippen molar-refractivity contribution in [3.63, 3.8) is 0 Å². The first-order valence-corrected chi connectivity index (χ1v) is 11.6. The normalized spacial score (nSPS) is 15.7. The molecule has 1 aliphatic rings. The minimum Gasteiger partial charge on any atom is -0.392 e. The van der Waals surface area contributed by atoms with Crippen molar-refractivity contribution in [1.82, 2.24) is 4.98 Å². The van der Waals surface area contributed by atoms with Crippen LogP contribution in [0.2, 0.25) is 0 Å². The smallest absolute Gasteiger partial charge is 0.133 e. The molecule has 0 bridgehead atoms. The lowest BCUT2D eigenvalue weighted by Crippen LogP contribution is -2.26. The SMILES string of the molecule is Cc1cc2cc(CO)c(CO)c(-c3ccnc(N4CCC(C)c5ccccc54)c3)c2cc1C. The number of anilines is 2. The van der Waals surface area contributed by atoms with Gasteiger partial charge in [-0.2, -0.15) is 0 Å². The van der Waals surface area contributed by atoms with Crippen molar-refractivity contribution in [2.45, 2.75) is 46.3 Å². The van der Waals surface area contributed by atoms with Crippen LogP contribution in [0.4, 0.5) is 11.5 Å². The second-order valence-electron chi connectivity index (χ2n) is 9.17. The molecule has 5 rings (SSSR count). The van der Waals surface area contributed by atoms with E-state index in [4.69, 9.17) is 4.98 Å². The van der Waals surface area contributed by atoms with Crippen LogP contribution in [0.5, 0.6) is 0 Å². The zero-order valence-electron chi connectivity index (χ0n) is 19.5. The number of benzene rings is 3. The van der Waals surface area contributed by atoms with Crippen LogP contribution >= 0.6 is 0 Å². The molecule has 4 aromatic rings. The zero-order valence-corrected chi connectivity index (χ0v) is 19.5. The van der Waals surface area contributed by atoms with E-state index in [1.807, 2.05) is 18.3 Å². The van der Waals surface area contributed by atoms with E-state index in [1.165, 1.54) is 22.4 Å². The van der Waals surface area contributed by atoms with Crippen LogP contribution < -0.4 is 4.90 Å². The standard InChI is InChI=1S/C29H30N2O2/c1-18-9-11-31(27-7-5-4-6-24(18)27)28-15-21(8-10-30-28)29-25-13-20(3)19(2)12-22(25)14-23(16-32)26(29)17-33/h4-8,10,12-15,18,32-33H,9,11,16-17H2,1-3H3. The third kappa shape index (κ3) is 3.69. The van der Waals surface area contributed by atoms with Gasteiger partial charge in [-0.05, 0) is 100 Å². The molecule has 1 aliphatic heterocycles. The van der Waals surface area contributed by atoms with Gasteiger partial charge in [0.15, 0.2) is 0 Å². The molecule has 3 aromatic carbocycles. The van der Waals surface area contributed by atoms with E-state index < -0.39 is 0 Å². The number of aliphatic hydroxyl groups excluding tert-OH is 2. The van der Waals surface area contributed by atoms with Gasteiger partial charge in [0, 0.05) is 18.4 Å². The summed E-state index contributed by atoms with van der Waals surface area (Å²) in [5.74, 6) is 1.43. The van der Waals surface area contributed by atoms with Crippen molar-refractivity contribution in [3.05, 3.63) is 88.6 Å². The maximum Gasteiger partial charge on any atom is 0.133 e. The summed E-state index contributed by atoms with van der Waals surface area (Å²) in [5.41, 5.74) is 8.50. The van der Waals surface area contributed by atoms with Gasteiger partial charge in [0.25, 0.3) is 0 Å². The number of aromatic nitrogens is 1. The highest BCUT2D eigenvalue weighted by atomic mass is 16.3. The number of fused-ring (bicyclic) bond motifs is 2. The van der Waals surface area contributed by atoms with Crippen LogP contribution in [0.25, 0.3) is 21.9 Å². The average Bonchev–Trinajstić information content (AvgIpc) is 2.84. The number of rotatable bonds is 4. The van der Waals surface area contributed by atoms with Gasteiger partial charge in [0.1, 0.15) is 5.82 Å². The van der Waals surface area contributed by atoms with Crippen LogP contribution in [0.15, 0.2) is 60.8 Å². The molecule has 1 unspecified atom stereocenters. The lowest BCUT2D eigenvalue weighted by atomic mass is 9.88.